The van der Waals surface area contributed by atoms with Crippen LogP contribution < -0.4 is 5.73 Å². The van der Waals surface area contributed by atoms with E-state index in [1.54, 1.807) is 18.5 Å². The quantitative estimate of drug-likeness (QED) is 0.803. The Bertz CT molecular complexity index is 389. The monoisotopic (exact) mass is 220 g/mol. The lowest BCUT2D eigenvalue weighted by atomic mass is 9.74. The topological polar surface area (TPSA) is 59.1 Å². The van der Waals surface area contributed by atoms with E-state index in [0.717, 1.165) is 30.5 Å². The molecule has 1 unspecified atom stereocenters. The molecule has 1 atom stereocenters. The molecule has 3 N–H and O–H groups in total. The minimum atomic E-state index is -0.635. The molecule has 1 heterocycles. The largest absolute Gasteiger partial charge is 0.398 e. The second-order valence-electron chi connectivity index (χ2n) is 5.52. The number of rotatable bonds is 2. The molecule has 1 saturated carbocycles. The number of nitrogens with two attached hydrogens (primary N) is 1. The zero-order chi connectivity index (χ0) is 11.8. The van der Waals surface area contributed by atoms with Gasteiger partial charge in [0.2, 0.25) is 0 Å². The van der Waals surface area contributed by atoms with Gasteiger partial charge in [-0.25, -0.2) is 0 Å². The highest BCUT2D eigenvalue weighted by molar-refractivity contribution is 5.45. The molecule has 1 aromatic heterocycles. The van der Waals surface area contributed by atoms with E-state index in [0.29, 0.717) is 6.42 Å². The van der Waals surface area contributed by atoms with Crippen molar-refractivity contribution in [2.24, 2.45) is 5.41 Å². The molecule has 0 bridgehead atoms. The number of anilines is 1. The third kappa shape index (κ3) is 1.80. The van der Waals surface area contributed by atoms with Crippen molar-refractivity contribution >= 4 is 5.69 Å². The summed E-state index contributed by atoms with van der Waals surface area (Å²) in [5.41, 5.74) is 6.91. The number of aliphatic hydroxyl groups is 1. The van der Waals surface area contributed by atoms with Crippen molar-refractivity contribution in [3.63, 3.8) is 0 Å². The maximum absolute atomic E-state index is 10.7. The first kappa shape index (κ1) is 11.4. The van der Waals surface area contributed by atoms with Crippen LogP contribution in [0.1, 0.15) is 38.7 Å². The van der Waals surface area contributed by atoms with E-state index in [9.17, 15) is 5.11 Å². The van der Waals surface area contributed by atoms with Crippen molar-refractivity contribution in [2.45, 2.75) is 45.1 Å². The Balaban J connectivity index is 2.25. The van der Waals surface area contributed by atoms with Gasteiger partial charge in [-0.2, -0.15) is 0 Å². The second-order valence-corrected chi connectivity index (χ2v) is 5.52. The van der Waals surface area contributed by atoms with Crippen LogP contribution in [-0.2, 0) is 6.42 Å². The maximum Gasteiger partial charge on any atom is 0.0739 e. The number of pyridine rings is 1. The van der Waals surface area contributed by atoms with Crippen LogP contribution in [0.15, 0.2) is 18.5 Å². The van der Waals surface area contributed by atoms with E-state index in [1.807, 2.05) is 0 Å². The van der Waals surface area contributed by atoms with Crippen molar-refractivity contribution < 1.29 is 5.11 Å². The van der Waals surface area contributed by atoms with Gasteiger partial charge in [0.05, 0.1) is 5.60 Å². The van der Waals surface area contributed by atoms with Crippen LogP contribution in [0.25, 0.3) is 0 Å². The van der Waals surface area contributed by atoms with E-state index in [2.05, 4.69) is 18.8 Å². The van der Waals surface area contributed by atoms with Gasteiger partial charge >= 0.3 is 0 Å². The standard InChI is InChI=1S/C13H20N2O/c1-12(2)5-3-6-13(12,16)8-10-9-15-7-4-11(10)14/h4,7,9,16H,3,5-6,8H2,1-2H3,(H2,14,15). The molecule has 16 heavy (non-hydrogen) atoms. The smallest absolute Gasteiger partial charge is 0.0739 e. The molecule has 1 aromatic rings. The van der Waals surface area contributed by atoms with Crippen molar-refractivity contribution in [3.8, 4) is 0 Å². The lowest BCUT2D eigenvalue weighted by molar-refractivity contribution is -0.0418. The van der Waals surface area contributed by atoms with Gasteiger partial charge in [0, 0.05) is 24.5 Å². The van der Waals surface area contributed by atoms with E-state index in [1.165, 1.54) is 0 Å². The summed E-state index contributed by atoms with van der Waals surface area (Å²) < 4.78 is 0. The third-order valence-electron chi connectivity index (χ3n) is 4.08. The number of nitrogens with zero attached hydrogens (tertiary/aromatic N) is 1. The van der Waals surface area contributed by atoms with Crippen molar-refractivity contribution in [3.05, 3.63) is 24.0 Å². The molecule has 1 aliphatic carbocycles. The van der Waals surface area contributed by atoms with Crippen LogP contribution in [0.3, 0.4) is 0 Å². The fourth-order valence-corrected chi connectivity index (χ4v) is 2.62. The molecule has 3 nitrogen and oxygen atoms in total. The lowest BCUT2D eigenvalue weighted by Gasteiger charge is -2.37. The first-order chi connectivity index (χ1) is 7.45. The summed E-state index contributed by atoms with van der Waals surface area (Å²) in [6.45, 7) is 4.26. The summed E-state index contributed by atoms with van der Waals surface area (Å²) >= 11 is 0. The molecule has 2 rings (SSSR count). The number of hydrogen-bond donors (Lipinski definition) is 2. The molecular formula is C13H20N2O. The molecule has 0 amide bonds. The van der Waals surface area contributed by atoms with Gasteiger partial charge in [-0.05, 0) is 36.3 Å². The van der Waals surface area contributed by atoms with Gasteiger partial charge in [0.15, 0.2) is 0 Å². The summed E-state index contributed by atoms with van der Waals surface area (Å²) in [6, 6.07) is 1.79. The number of nitrogen functional groups attached to an aromatic ring is 1. The minimum Gasteiger partial charge on any atom is -0.398 e. The number of hydrogen-bond acceptors (Lipinski definition) is 3. The molecule has 0 aromatic carbocycles. The summed E-state index contributed by atoms with van der Waals surface area (Å²) in [4.78, 5) is 4.08. The predicted octanol–water partition coefficient (Wildman–Crippen LogP) is 2.15. The SMILES string of the molecule is CC1(C)CCCC1(O)Cc1cnccc1N. The minimum absolute atomic E-state index is 0.0325. The van der Waals surface area contributed by atoms with Gasteiger partial charge in [-0.1, -0.05) is 13.8 Å². The van der Waals surface area contributed by atoms with Gasteiger partial charge in [0.1, 0.15) is 0 Å². The van der Waals surface area contributed by atoms with Crippen molar-refractivity contribution in [2.75, 3.05) is 5.73 Å². The van der Waals surface area contributed by atoms with Crippen LogP contribution in [0, 0.1) is 5.41 Å². The molecule has 0 aliphatic heterocycles. The van der Waals surface area contributed by atoms with Crippen LogP contribution in [0.4, 0.5) is 5.69 Å². The van der Waals surface area contributed by atoms with Crippen molar-refractivity contribution in [1.82, 2.24) is 4.98 Å². The predicted molar refractivity (Wildman–Crippen MR) is 64.9 cm³/mol. The highest BCUT2D eigenvalue weighted by Gasteiger charge is 2.47. The van der Waals surface area contributed by atoms with E-state index in [4.69, 9.17) is 5.73 Å². The third-order valence-corrected chi connectivity index (χ3v) is 4.08. The molecule has 0 spiro atoms. The highest BCUT2D eigenvalue weighted by atomic mass is 16.3. The van der Waals surface area contributed by atoms with Crippen LogP contribution in [-0.4, -0.2) is 15.7 Å². The van der Waals surface area contributed by atoms with Crippen LogP contribution in [0.2, 0.25) is 0 Å². The summed E-state index contributed by atoms with van der Waals surface area (Å²) in [5.74, 6) is 0. The molecule has 3 heteroatoms. The zero-order valence-electron chi connectivity index (χ0n) is 10.0. The Hall–Kier alpha value is -1.09. The first-order valence-corrected chi connectivity index (χ1v) is 5.85. The van der Waals surface area contributed by atoms with E-state index >= 15 is 0 Å². The maximum atomic E-state index is 10.7. The molecule has 1 aliphatic rings. The van der Waals surface area contributed by atoms with Gasteiger partial charge in [-0.15, -0.1) is 0 Å². The van der Waals surface area contributed by atoms with Gasteiger partial charge in [-0.3, -0.25) is 4.98 Å². The Morgan fingerprint density at radius 2 is 2.19 bits per heavy atom. The average molecular weight is 220 g/mol. The molecule has 0 radical (unpaired) electrons. The summed E-state index contributed by atoms with van der Waals surface area (Å²) in [7, 11) is 0. The summed E-state index contributed by atoms with van der Waals surface area (Å²) in [6.07, 6.45) is 7.08. The second kappa shape index (κ2) is 3.74. The average Bonchev–Trinajstić information content (AvgIpc) is 2.45. The molecule has 0 saturated heterocycles. The van der Waals surface area contributed by atoms with Crippen LogP contribution in [0.5, 0.6) is 0 Å². The molecule has 1 fully saturated rings. The highest BCUT2D eigenvalue weighted by Crippen LogP contribution is 2.47. The van der Waals surface area contributed by atoms with Gasteiger partial charge < -0.3 is 10.8 Å². The Morgan fingerprint density at radius 3 is 2.75 bits per heavy atom. The normalized spacial score (nSPS) is 28.2. The van der Waals surface area contributed by atoms with E-state index < -0.39 is 5.60 Å². The van der Waals surface area contributed by atoms with Gasteiger partial charge in [0.25, 0.3) is 0 Å². The zero-order valence-corrected chi connectivity index (χ0v) is 10.0. The Labute approximate surface area is 96.7 Å². The summed E-state index contributed by atoms with van der Waals surface area (Å²) in [5, 5.41) is 10.7. The van der Waals surface area contributed by atoms with Crippen molar-refractivity contribution in [1.29, 1.82) is 0 Å². The lowest BCUT2D eigenvalue weighted by Crippen LogP contribution is -2.42. The first-order valence-electron chi connectivity index (χ1n) is 5.85. The van der Waals surface area contributed by atoms with Crippen LogP contribution >= 0.6 is 0 Å². The Morgan fingerprint density at radius 1 is 1.44 bits per heavy atom. The Kier molecular flexibility index (Phi) is 2.66. The molecular weight excluding hydrogens is 200 g/mol. The number of aromatic nitrogens is 1. The fraction of sp³-hybridized carbons (Fsp3) is 0.615. The fourth-order valence-electron chi connectivity index (χ4n) is 2.62. The molecule has 88 valence electrons. The van der Waals surface area contributed by atoms with E-state index in [-0.39, 0.29) is 5.41 Å².